The van der Waals surface area contributed by atoms with Crippen LogP contribution in [0, 0.1) is 13.8 Å². The summed E-state index contributed by atoms with van der Waals surface area (Å²) in [6.07, 6.45) is 0.995. The van der Waals surface area contributed by atoms with Crippen LogP contribution in [0.5, 0.6) is 0 Å². The van der Waals surface area contributed by atoms with E-state index in [4.69, 9.17) is 10.5 Å². The summed E-state index contributed by atoms with van der Waals surface area (Å²) in [5.74, 6) is 0.966. The van der Waals surface area contributed by atoms with E-state index in [-0.39, 0.29) is 12.0 Å². The number of hydrogen-bond donors (Lipinski definition) is 2. The number of carbonyl (C=O) groups is 1. The van der Waals surface area contributed by atoms with Gasteiger partial charge in [-0.1, -0.05) is 12.1 Å². The number of carbonyl (C=O) groups excluding carboxylic acids is 1. The van der Waals surface area contributed by atoms with Gasteiger partial charge in [-0.2, -0.15) is 0 Å². The van der Waals surface area contributed by atoms with E-state index in [1.54, 1.807) is 23.5 Å². The molecule has 0 saturated heterocycles. The predicted molar refractivity (Wildman–Crippen MR) is 115 cm³/mol. The van der Waals surface area contributed by atoms with E-state index in [2.05, 4.69) is 22.2 Å². The molecule has 0 spiro atoms. The molecule has 0 atom stereocenters. The summed E-state index contributed by atoms with van der Waals surface area (Å²) in [6, 6.07) is 7.27. The molecule has 0 fully saturated rings. The first-order chi connectivity index (χ1) is 13.4. The second kappa shape index (κ2) is 8.67. The highest BCUT2D eigenvalue weighted by Crippen LogP contribution is 2.33. The lowest BCUT2D eigenvalue weighted by atomic mass is 10.1. The summed E-state index contributed by atoms with van der Waals surface area (Å²) in [6.45, 7) is 9.31. The molecule has 0 saturated carbocycles. The number of anilines is 1. The minimum atomic E-state index is -0.100. The molecule has 2 heterocycles. The molecule has 0 aliphatic heterocycles. The fourth-order valence-corrected chi connectivity index (χ4v) is 3.91. The predicted octanol–water partition coefficient (Wildman–Crippen LogP) is 4.10. The molecule has 0 radical (unpaired) electrons. The first-order valence-corrected chi connectivity index (χ1v) is 10.2. The van der Waals surface area contributed by atoms with Gasteiger partial charge in [0.25, 0.3) is 5.91 Å². The maximum Gasteiger partial charge on any atom is 0.251 e. The second-order valence-electron chi connectivity index (χ2n) is 7.00. The minimum absolute atomic E-state index is 0.100. The van der Waals surface area contributed by atoms with Crippen molar-refractivity contribution in [3.05, 3.63) is 40.3 Å². The number of nitrogens with two attached hydrogens (primary N) is 1. The van der Waals surface area contributed by atoms with Gasteiger partial charge in [0.1, 0.15) is 10.6 Å². The molecule has 3 aromatic rings. The van der Waals surface area contributed by atoms with Crippen LogP contribution >= 0.6 is 11.3 Å². The van der Waals surface area contributed by atoms with E-state index in [0.717, 1.165) is 27.8 Å². The Balaban J connectivity index is 1.69. The summed E-state index contributed by atoms with van der Waals surface area (Å²) >= 11 is 1.62. The third kappa shape index (κ3) is 4.48. The van der Waals surface area contributed by atoms with Crippen molar-refractivity contribution in [1.29, 1.82) is 0 Å². The molecule has 3 N–H and O–H groups in total. The molecule has 3 rings (SSSR count). The van der Waals surface area contributed by atoms with Crippen LogP contribution in [-0.4, -0.2) is 35.1 Å². The molecule has 0 unspecified atom stereocenters. The van der Waals surface area contributed by atoms with Crippen LogP contribution in [0.1, 0.15) is 41.1 Å². The van der Waals surface area contributed by atoms with Crippen molar-refractivity contribution in [3.8, 4) is 11.4 Å². The largest absolute Gasteiger partial charge is 0.383 e. The first-order valence-electron chi connectivity index (χ1n) is 9.40. The van der Waals surface area contributed by atoms with Crippen molar-refractivity contribution in [2.45, 2.75) is 40.2 Å². The Morgan fingerprint density at radius 2 is 1.93 bits per heavy atom. The molecule has 28 heavy (non-hydrogen) atoms. The van der Waals surface area contributed by atoms with E-state index in [9.17, 15) is 4.79 Å². The number of hydrogen-bond acceptors (Lipinski definition) is 6. The number of rotatable bonds is 7. The van der Waals surface area contributed by atoms with Crippen LogP contribution in [0.15, 0.2) is 24.3 Å². The smallest absolute Gasteiger partial charge is 0.251 e. The van der Waals surface area contributed by atoms with Crippen LogP contribution < -0.4 is 11.1 Å². The molecular formula is C21H26N4O2S. The first kappa shape index (κ1) is 20.2. The molecule has 2 aromatic heterocycles. The van der Waals surface area contributed by atoms with Gasteiger partial charge in [0.05, 0.1) is 11.5 Å². The van der Waals surface area contributed by atoms with Crippen molar-refractivity contribution < 1.29 is 9.53 Å². The normalized spacial score (nSPS) is 11.3. The summed E-state index contributed by atoms with van der Waals surface area (Å²) in [7, 11) is 0. The van der Waals surface area contributed by atoms with Gasteiger partial charge in [0, 0.05) is 29.2 Å². The zero-order valence-corrected chi connectivity index (χ0v) is 17.5. The Hall–Kier alpha value is -2.51. The number of aromatic nitrogens is 2. The van der Waals surface area contributed by atoms with E-state index in [1.807, 2.05) is 32.9 Å². The standard InChI is InChI=1S/C21H26N4O2S/c1-12(2)27-11-5-10-23-20(26)16-8-6-15(7-9-16)19-24-18(22)17-13(3)14(4)28-21(17)25-19/h6-9,12H,5,10-11H2,1-4H3,(H,23,26)(H2,22,24,25). The molecule has 148 valence electrons. The third-order valence-corrected chi connectivity index (χ3v) is 5.62. The Kier molecular flexibility index (Phi) is 6.26. The van der Waals surface area contributed by atoms with Crippen LogP contribution in [0.4, 0.5) is 5.82 Å². The molecular weight excluding hydrogens is 372 g/mol. The van der Waals surface area contributed by atoms with Gasteiger partial charge in [-0.05, 0) is 51.8 Å². The second-order valence-corrected chi connectivity index (χ2v) is 8.21. The fourth-order valence-electron chi connectivity index (χ4n) is 2.88. The Bertz CT molecular complexity index is 980. The van der Waals surface area contributed by atoms with E-state index < -0.39 is 0 Å². The molecule has 6 nitrogen and oxygen atoms in total. The van der Waals surface area contributed by atoms with Crippen molar-refractivity contribution in [2.75, 3.05) is 18.9 Å². The average Bonchev–Trinajstić information content (AvgIpc) is 2.95. The maximum absolute atomic E-state index is 12.3. The van der Waals surface area contributed by atoms with Gasteiger partial charge in [-0.15, -0.1) is 11.3 Å². The quantitative estimate of drug-likeness (QED) is 0.585. The van der Waals surface area contributed by atoms with E-state index in [1.165, 1.54) is 4.88 Å². The molecule has 7 heteroatoms. The van der Waals surface area contributed by atoms with Crippen LogP contribution in [0.2, 0.25) is 0 Å². The maximum atomic E-state index is 12.3. The number of nitrogen functional groups attached to an aromatic ring is 1. The van der Waals surface area contributed by atoms with Crippen LogP contribution in [0.25, 0.3) is 21.6 Å². The van der Waals surface area contributed by atoms with E-state index in [0.29, 0.717) is 30.4 Å². The molecule has 0 aliphatic rings. The Morgan fingerprint density at radius 3 is 2.61 bits per heavy atom. The fraction of sp³-hybridized carbons (Fsp3) is 0.381. The van der Waals surface area contributed by atoms with Crippen LogP contribution in [-0.2, 0) is 4.74 Å². The highest BCUT2D eigenvalue weighted by Gasteiger charge is 2.14. The lowest BCUT2D eigenvalue weighted by Gasteiger charge is -2.09. The highest BCUT2D eigenvalue weighted by atomic mass is 32.1. The molecule has 0 bridgehead atoms. The number of fused-ring (bicyclic) bond motifs is 1. The summed E-state index contributed by atoms with van der Waals surface area (Å²) in [4.78, 5) is 23.5. The van der Waals surface area contributed by atoms with Gasteiger partial charge in [0.2, 0.25) is 0 Å². The molecule has 0 aliphatic carbocycles. The van der Waals surface area contributed by atoms with Gasteiger partial charge in [-0.3, -0.25) is 4.79 Å². The third-order valence-electron chi connectivity index (χ3n) is 4.52. The number of amides is 1. The topological polar surface area (TPSA) is 90.1 Å². The van der Waals surface area contributed by atoms with Crippen molar-refractivity contribution in [1.82, 2.24) is 15.3 Å². The summed E-state index contributed by atoms with van der Waals surface area (Å²) in [5, 5.41) is 3.84. The minimum Gasteiger partial charge on any atom is -0.383 e. The van der Waals surface area contributed by atoms with Gasteiger partial charge in [-0.25, -0.2) is 9.97 Å². The van der Waals surface area contributed by atoms with Crippen molar-refractivity contribution >= 4 is 33.3 Å². The number of benzene rings is 1. The SMILES string of the molecule is Cc1sc2nc(-c3ccc(C(=O)NCCCOC(C)C)cc3)nc(N)c2c1C. The zero-order valence-electron chi connectivity index (χ0n) is 16.7. The average molecular weight is 399 g/mol. The number of thiophene rings is 1. The lowest BCUT2D eigenvalue weighted by molar-refractivity contribution is 0.0757. The number of nitrogens with one attached hydrogen (secondary N) is 1. The summed E-state index contributed by atoms with van der Waals surface area (Å²) in [5.41, 5.74) is 8.73. The number of nitrogens with zero attached hydrogens (tertiary/aromatic N) is 2. The zero-order chi connectivity index (χ0) is 20.3. The van der Waals surface area contributed by atoms with Crippen molar-refractivity contribution in [3.63, 3.8) is 0 Å². The molecule has 1 amide bonds. The highest BCUT2D eigenvalue weighted by molar-refractivity contribution is 7.18. The summed E-state index contributed by atoms with van der Waals surface area (Å²) < 4.78 is 5.47. The Labute approximate surface area is 169 Å². The number of aryl methyl sites for hydroxylation is 2. The van der Waals surface area contributed by atoms with E-state index >= 15 is 0 Å². The van der Waals surface area contributed by atoms with Gasteiger partial charge < -0.3 is 15.8 Å². The monoisotopic (exact) mass is 398 g/mol. The van der Waals surface area contributed by atoms with Crippen LogP contribution in [0.3, 0.4) is 0 Å². The molecule has 1 aromatic carbocycles. The Morgan fingerprint density at radius 1 is 1.21 bits per heavy atom. The number of ether oxygens (including phenoxy) is 1. The lowest BCUT2D eigenvalue weighted by Crippen LogP contribution is -2.25. The van der Waals surface area contributed by atoms with Gasteiger partial charge in [0.15, 0.2) is 5.82 Å². The van der Waals surface area contributed by atoms with Crippen molar-refractivity contribution in [2.24, 2.45) is 0 Å². The van der Waals surface area contributed by atoms with Gasteiger partial charge >= 0.3 is 0 Å².